The maximum atomic E-state index is 15.2. The number of nitrogens with one attached hydrogen (secondary N) is 10. The van der Waals surface area contributed by atoms with E-state index in [1.165, 1.54) is 41.3 Å². The van der Waals surface area contributed by atoms with Crippen molar-refractivity contribution in [3.8, 4) is 5.75 Å². The molecule has 520 valence electrons. The van der Waals surface area contributed by atoms with Gasteiger partial charge in [0.05, 0.1) is 6.42 Å². The van der Waals surface area contributed by atoms with Crippen LogP contribution in [0.1, 0.15) is 121 Å². The molecule has 2 saturated heterocycles. The zero-order valence-corrected chi connectivity index (χ0v) is 55.5. The highest BCUT2D eigenvalue weighted by Crippen LogP contribution is 2.22. The van der Waals surface area contributed by atoms with Gasteiger partial charge in [-0.05, 0) is 123 Å². The van der Waals surface area contributed by atoms with Crippen molar-refractivity contribution in [1.29, 1.82) is 0 Å². The number of halogens is 1. The largest absolute Gasteiger partial charge is 0.508 e. The van der Waals surface area contributed by atoms with Crippen LogP contribution in [0.3, 0.4) is 0 Å². The summed E-state index contributed by atoms with van der Waals surface area (Å²) in [5, 5.41) is 37.8. The van der Waals surface area contributed by atoms with E-state index in [-0.39, 0.29) is 89.7 Å². The smallest absolute Gasteiger partial charge is 0.246 e. The number of hydrogen-bond donors (Lipinski definition) is 13. The Labute approximate surface area is 560 Å². The monoisotopic (exact) mass is 1330 g/mol. The van der Waals surface area contributed by atoms with E-state index in [1.54, 1.807) is 88.4 Å². The van der Waals surface area contributed by atoms with E-state index in [2.05, 4.69) is 53.2 Å². The van der Waals surface area contributed by atoms with Gasteiger partial charge in [0.15, 0.2) is 0 Å². The first kappa shape index (κ1) is 75.7. The molecular weight excluding hydrogens is 1230 g/mol. The van der Waals surface area contributed by atoms with Crippen molar-refractivity contribution in [2.24, 2.45) is 23.3 Å². The summed E-state index contributed by atoms with van der Waals surface area (Å²) < 4.78 is 14.4. The van der Waals surface area contributed by atoms with Crippen molar-refractivity contribution < 1.29 is 62.2 Å². The fourth-order valence-electron chi connectivity index (χ4n) is 11.5. The number of rotatable bonds is 22. The van der Waals surface area contributed by atoms with E-state index in [0.29, 0.717) is 47.9 Å². The number of amides is 11. The Morgan fingerprint density at radius 1 is 0.510 bits per heavy atom. The molecule has 4 aromatic rings. The molecule has 96 heavy (non-hydrogen) atoms. The molecule has 2 aliphatic rings. The molecule has 2 aliphatic heterocycles. The number of carbonyl (C=O) groups excluding carboxylic acids is 11. The fraction of sp³-hybridized carbons (Fsp3) is 0.500. The molecule has 0 aromatic heterocycles. The van der Waals surface area contributed by atoms with E-state index in [0.717, 1.165) is 12.1 Å². The van der Waals surface area contributed by atoms with Crippen molar-refractivity contribution in [3.63, 3.8) is 0 Å². The first-order chi connectivity index (χ1) is 46.0. The summed E-state index contributed by atoms with van der Waals surface area (Å²) in [4.78, 5) is 164. The molecule has 2 heterocycles. The van der Waals surface area contributed by atoms with Gasteiger partial charge in [0, 0.05) is 38.8 Å². The van der Waals surface area contributed by atoms with Crippen LogP contribution in [0.5, 0.6) is 5.75 Å². The lowest BCUT2D eigenvalue weighted by atomic mass is 9.96. The van der Waals surface area contributed by atoms with Gasteiger partial charge in [-0.2, -0.15) is 0 Å². The van der Waals surface area contributed by atoms with E-state index >= 15 is 9.59 Å². The summed E-state index contributed by atoms with van der Waals surface area (Å²) in [7, 11) is 0. The number of hydrogen-bond acceptors (Lipinski definition) is 14. The predicted octanol–water partition coefficient (Wildman–Crippen LogP) is 1.66. The van der Waals surface area contributed by atoms with E-state index in [4.69, 9.17) is 11.5 Å². The van der Waals surface area contributed by atoms with Crippen LogP contribution in [-0.4, -0.2) is 162 Å². The second kappa shape index (κ2) is 38.3. The molecule has 0 aliphatic carbocycles. The maximum Gasteiger partial charge on any atom is 0.246 e. The Morgan fingerprint density at radius 3 is 1.46 bits per heavy atom. The third-order valence-electron chi connectivity index (χ3n) is 17.2. The average Bonchev–Trinajstić information content (AvgIpc) is 1.53. The summed E-state index contributed by atoms with van der Waals surface area (Å²) in [6.45, 7) is 9.20. The molecule has 4 aromatic carbocycles. The van der Waals surface area contributed by atoms with Gasteiger partial charge in [-0.3, -0.25) is 52.7 Å². The number of nitrogens with zero attached hydrogens (tertiary/aromatic N) is 1. The van der Waals surface area contributed by atoms with E-state index < -0.39 is 149 Å². The molecule has 2 fully saturated rings. The normalized spacial score (nSPS) is 23.7. The lowest BCUT2D eigenvalue weighted by Gasteiger charge is -2.32. The Hall–Kier alpha value is -9.30. The van der Waals surface area contributed by atoms with Gasteiger partial charge in [0.1, 0.15) is 72.0 Å². The number of phenolic OH excluding ortho intramolecular Hbond substituents is 1. The Morgan fingerprint density at radius 2 is 0.927 bits per heavy atom. The topological polar surface area (TPSA) is 384 Å². The van der Waals surface area contributed by atoms with Gasteiger partial charge in [-0.25, -0.2) is 4.39 Å². The molecular formula is C70H96FN13O12. The minimum Gasteiger partial charge on any atom is -0.508 e. The van der Waals surface area contributed by atoms with Crippen LogP contribution in [0.4, 0.5) is 4.39 Å². The number of nitrogens with two attached hydrogens (primary N) is 2. The standard InChI is InChI=1S/C70H96FN13O12/c1-6-35-74-58(86)41-55-65(91)77-52(38-46-25-29-48(71)30-26-46)64(90)78-54(39-47-27-31-49(85)32-28-47)66(92)82-59(42(3)4)68(94)76-51(23-16-34-73)62(88)83-60(43(5)7-2)69(95)81-56(40-45-20-12-9-13-21-45)70(96)84-36-17-24-57(84)67(93)80-53(37-44-18-10-8-11-19-44)63(89)75-50(61(87)79-55)22-14-15-33-72/h8-13,18-21,25-32,42-43,50-57,59-60,85H,6-7,14-17,22-24,33-41,72-73H2,1-5H3,(H,74,86)(H,75,89)(H,76,94)(H,77,91)(H,78,90)(H,79,87)(H,80,93)(H,81,95)(H,82,92)(H,83,88)/t43-,50+,51-,52-,53+,54-,55-,56+,57-,59-,60-/m0/s1. The van der Waals surface area contributed by atoms with Crippen LogP contribution < -0.4 is 64.6 Å². The Kier molecular flexibility index (Phi) is 30.2. The van der Waals surface area contributed by atoms with Crippen LogP contribution in [0.2, 0.25) is 0 Å². The lowest BCUT2D eigenvalue weighted by Crippen LogP contribution is -2.62. The number of phenols is 1. The summed E-state index contributed by atoms with van der Waals surface area (Å²) >= 11 is 0. The Balaban J connectivity index is 1.49. The zero-order chi connectivity index (χ0) is 69.8. The third kappa shape index (κ3) is 23.3. The number of fused-ring (bicyclic) bond motifs is 1. The predicted molar refractivity (Wildman–Crippen MR) is 358 cm³/mol. The van der Waals surface area contributed by atoms with Gasteiger partial charge in [0.25, 0.3) is 0 Å². The quantitative estimate of drug-likeness (QED) is 0.0498. The highest BCUT2D eigenvalue weighted by atomic mass is 19.1. The Bertz CT molecular complexity index is 3260. The van der Waals surface area contributed by atoms with Gasteiger partial charge >= 0.3 is 0 Å². The van der Waals surface area contributed by atoms with Crippen LogP contribution in [-0.2, 0) is 78.4 Å². The molecule has 15 N–H and O–H groups in total. The van der Waals surface area contributed by atoms with Crippen LogP contribution >= 0.6 is 0 Å². The van der Waals surface area contributed by atoms with Gasteiger partial charge in [-0.15, -0.1) is 0 Å². The molecule has 0 saturated carbocycles. The highest BCUT2D eigenvalue weighted by molar-refractivity contribution is 6.00. The van der Waals surface area contributed by atoms with E-state index in [1.807, 2.05) is 6.92 Å². The SMILES string of the molecule is CCCNC(=O)C[C@@H]1NC(=O)[C@@H](CCCCN)NC(=O)[C@@H](Cc2ccccc2)NC(=O)[C@@H]2CCCN2C(=O)[C@@H](Cc2ccccc2)NC(=O)[C@H]([C@@H](C)CC)NC(=O)[C@H](CCCN)NC(=O)[C@H](C(C)C)NC(=O)[C@H](Cc2ccc(O)cc2)NC(=O)[C@H](Cc2ccc(F)cc2)NC1=O. The number of aromatic hydroxyl groups is 1. The number of benzene rings is 4. The van der Waals surface area contributed by atoms with Crippen LogP contribution in [0, 0.1) is 17.7 Å². The van der Waals surface area contributed by atoms with Crippen molar-refractivity contribution in [2.45, 2.75) is 185 Å². The molecule has 25 nitrogen and oxygen atoms in total. The van der Waals surface area contributed by atoms with E-state index in [9.17, 15) is 52.6 Å². The molecule has 6 rings (SSSR count). The summed E-state index contributed by atoms with van der Waals surface area (Å²) in [5.41, 5.74) is 13.9. The van der Waals surface area contributed by atoms with Crippen LogP contribution in [0.15, 0.2) is 109 Å². The third-order valence-corrected chi connectivity index (χ3v) is 17.2. The minimum atomic E-state index is -1.74. The maximum absolute atomic E-state index is 15.2. The van der Waals surface area contributed by atoms with Crippen LogP contribution in [0.25, 0.3) is 0 Å². The van der Waals surface area contributed by atoms with Crippen molar-refractivity contribution in [2.75, 3.05) is 26.2 Å². The second-order valence-corrected chi connectivity index (χ2v) is 25.1. The first-order valence-corrected chi connectivity index (χ1v) is 33.3. The molecule has 26 heteroatoms. The second-order valence-electron chi connectivity index (χ2n) is 25.1. The molecule has 0 unspecified atom stereocenters. The van der Waals surface area contributed by atoms with Gasteiger partial charge in [0.2, 0.25) is 65.0 Å². The van der Waals surface area contributed by atoms with Gasteiger partial charge < -0.3 is 74.6 Å². The average molecular weight is 1330 g/mol. The lowest BCUT2D eigenvalue weighted by molar-refractivity contribution is -0.143. The first-order valence-electron chi connectivity index (χ1n) is 33.3. The van der Waals surface area contributed by atoms with Crippen molar-refractivity contribution >= 4 is 65.0 Å². The van der Waals surface area contributed by atoms with Crippen molar-refractivity contribution in [3.05, 3.63) is 137 Å². The molecule has 0 radical (unpaired) electrons. The zero-order valence-electron chi connectivity index (χ0n) is 55.5. The molecule has 11 amide bonds. The fourth-order valence-corrected chi connectivity index (χ4v) is 11.5. The number of unbranched alkanes of at least 4 members (excludes halogenated alkanes) is 1. The molecule has 0 bridgehead atoms. The molecule has 11 atom stereocenters. The van der Waals surface area contributed by atoms with Crippen molar-refractivity contribution in [1.82, 2.24) is 58.1 Å². The minimum absolute atomic E-state index is 0.0207. The molecule has 0 spiro atoms. The highest BCUT2D eigenvalue weighted by Gasteiger charge is 2.42. The summed E-state index contributed by atoms with van der Waals surface area (Å²) in [6.07, 6.45) is 0.791. The summed E-state index contributed by atoms with van der Waals surface area (Å²) in [6, 6.07) is 14.1. The summed E-state index contributed by atoms with van der Waals surface area (Å²) in [5.74, 6) is -11.0. The van der Waals surface area contributed by atoms with Gasteiger partial charge in [-0.1, -0.05) is 126 Å². The number of carbonyl (C=O) groups is 11.